The van der Waals surface area contributed by atoms with E-state index >= 15 is 0 Å². The molecular weight excluding hydrogens is 200 g/mol. The van der Waals surface area contributed by atoms with Crippen molar-refractivity contribution in [3.05, 3.63) is 0 Å². The largest absolute Gasteiger partial charge is 0.374 e. The van der Waals surface area contributed by atoms with Crippen molar-refractivity contribution in [1.29, 1.82) is 0 Å². The van der Waals surface area contributed by atoms with E-state index in [2.05, 4.69) is 34.6 Å². The monoisotopic (exact) mass is 226 g/mol. The summed E-state index contributed by atoms with van der Waals surface area (Å²) in [4.78, 5) is 0. The van der Waals surface area contributed by atoms with Crippen LogP contribution in [0.5, 0.6) is 0 Å². The van der Waals surface area contributed by atoms with Gasteiger partial charge in [-0.1, -0.05) is 34.6 Å². The van der Waals surface area contributed by atoms with E-state index in [4.69, 9.17) is 9.47 Å². The van der Waals surface area contributed by atoms with Gasteiger partial charge in [-0.3, -0.25) is 0 Å². The highest BCUT2D eigenvalue weighted by atomic mass is 16.6. The summed E-state index contributed by atoms with van der Waals surface area (Å²) in [5, 5.41) is 0. The predicted octanol–water partition coefficient (Wildman–Crippen LogP) is 3.25. The number of hydrogen-bond acceptors (Lipinski definition) is 2. The zero-order valence-corrected chi connectivity index (χ0v) is 11.4. The van der Waals surface area contributed by atoms with E-state index in [1.807, 2.05) is 0 Å². The molecule has 1 saturated carbocycles. The lowest BCUT2D eigenvalue weighted by Gasteiger charge is -2.52. The number of hydrogen-bond donors (Lipinski definition) is 0. The molecule has 2 aliphatic rings. The SMILES string of the molecule is CC1CCC(C)(C)C(OCC2CO2)C1(C)C. The van der Waals surface area contributed by atoms with Gasteiger partial charge in [-0.05, 0) is 29.6 Å². The molecule has 0 bridgehead atoms. The number of rotatable bonds is 3. The lowest BCUT2D eigenvalue weighted by molar-refractivity contribution is -0.143. The first kappa shape index (κ1) is 12.4. The second-order valence-corrected chi connectivity index (χ2v) is 6.92. The minimum Gasteiger partial charge on any atom is -0.374 e. The minimum atomic E-state index is 0.274. The Labute approximate surface area is 99.7 Å². The van der Waals surface area contributed by atoms with Crippen LogP contribution in [-0.4, -0.2) is 25.4 Å². The molecule has 2 rings (SSSR count). The third-order valence-corrected chi connectivity index (χ3v) is 4.73. The van der Waals surface area contributed by atoms with Gasteiger partial charge in [0.1, 0.15) is 6.10 Å². The molecule has 3 atom stereocenters. The fourth-order valence-electron chi connectivity index (χ4n) is 3.17. The van der Waals surface area contributed by atoms with E-state index in [0.29, 0.717) is 17.6 Å². The molecule has 0 aromatic rings. The maximum absolute atomic E-state index is 6.18. The van der Waals surface area contributed by atoms with Crippen LogP contribution in [0.25, 0.3) is 0 Å². The van der Waals surface area contributed by atoms with Crippen LogP contribution in [0.1, 0.15) is 47.5 Å². The Hall–Kier alpha value is -0.0800. The summed E-state index contributed by atoms with van der Waals surface area (Å²) in [6.07, 6.45) is 3.32. The summed E-state index contributed by atoms with van der Waals surface area (Å²) in [5.41, 5.74) is 0.571. The first-order chi connectivity index (χ1) is 7.34. The summed E-state index contributed by atoms with van der Waals surface area (Å²) in [6.45, 7) is 13.4. The molecule has 0 aromatic heterocycles. The fourth-order valence-corrected chi connectivity index (χ4v) is 3.17. The second-order valence-electron chi connectivity index (χ2n) is 6.92. The molecule has 0 N–H and O–H groups in total. The molecule has 16 heavy (non-hydrogen) atoms. The summed E-state index contributed by atoms with van der Waals surface area (Å²) < 4.78 is 11.4. The molecule has 3 unspecified atom stereocenters. The van der Waals surface area contributed by atoms with E-state index in [1.54, 1.807) is 0 Å². The maximum atomic E-state index is 6.18. The van der Waals surface area contributed by atoms with Gasteiger partial charge in [0.05, 0.1) is 19.3 Å². The van der Waals surface area contributed by atoms with Crippen molar-refractivity contribution < 1.29 is 9.47 Å². The number of epoxide rings is 1. The average Bonchev–Trinajstić information content (AvgIpc) is 2.95. The van der Waals surface area contributed by atoms with Crippen LogP contribution in [0.2, 0.25) is 0 Å². The standard InChI is InChI=1S/C14H26O2/c1-10-6-7-13(2,3)12(14(10,4)5)16-9-11-8-15-11/h10-12H,6-9H2,1-5H3. The fraction of sp³-hybridized carbons (Fsp3) is 1.00. The summed E-state index contributed by atoms with van der Waals surface area (Å²) in [6, 6.07) is 0. The molecule has 94 valence electrons. The zero-order valence-electron chi connectivity index (χ0n) is 11.4. The third-order valence-electron chi connectivity index (χ3n) is 4.73. The molecule has 2 fully saturated rings. The Bertz CT molecular complexity index is 253. The van der Waals surface area contributed by atoms with Crippen LogP contribution in [-0.2, 0) is 9.47 Å². The van der Waals surface area contributed by atoms with Crippen molar-refractivity contribution in [3.63, 3.8) is 0 Å². The Morgan fingerprint density at radius 2 is 1.88 bits per heavy atom. The van der Waals surface area contributed by atoms with Gasteiger partial charge < -0.3 is 9.47 Å². The molecule has 1 saturated heterocycles. The minimum absolute atomic E-state index is 0.274. The molecule has 2 nitrogen and oxygen atoms in total. The molecule has 2 heteroatoms. The molecule has 0 amide bonds. The van der Waals surface area contributed by atoms with Crippen LogP contribution < -0.4 is 0 Å². The smallest absolute Gasteiger partial charge is 0.104 e. The molecular formula is C14H26O2. The van der Waals surface area contributed by atoms with Gasteiger partial charge in [-0.25, -0.2) is 0 Å². The first-order valence-electron chi connectivity index (χ1n) is 6.57. The van der Waals surface area contributed by atoms with Crippen molar-refractivity contribution >= 4 is 0 Å². The topological polar surface area (TPSA) is 21.8 Å². The van der Waals surface area contributed by atoms with E-state index in [1.165, 1.54) is 12.8 Å². The van der Waals surface area contributed by atoms with Gasteiger partial charge in [0.15, 0.2) is 0 Å². The Balaban J connectivity index is 2.06. The lowest BCUT2D eigenvalue weighted by atomic mass is 9.58. The van der Waals surface area contributed by atoms with Crippen molar-refractivity contribution in [3.8, 4) is 0 Å². The van der Waals surface area contributed by atoms with E-state index in [0.717, 1.165) is 19.1 Å². The van der Waals surface area contributed by atoms with Gasteiger partial charge in [0.25, 0.3) is 0 Å². The van der Waals surface area contributed by atoms with Gasteiger partial charge in [-0.15, -0.1) is 0 Å². The third kappa shape index (κ3) is 2.28. The Morgan fingerprint density at radius 1 is 1.25 bits per heavy atom. The molecule has 0 spiro atoms. The second kappa shape index (κ2) is 3.99. The van der Waals surface area contributed by atoms with Gasteiger partial charge in [0.2, 0.25) is 0 Å². The summed E-state index contributed by atoms with van der Waals surface area (Å²) >= 11 is 0. The Morgan fingerprint density at radius 3 is 2.44 bits per heavy atom. The van der Waals surface area contributed by atoms with Crippen molar-refractivity contribution in [2.24, 2.45) is 16.7 Å². The van der Waals surface area contributed by atoms with Crippen LogP contribution in [0.3, 0.4) is 0 Å². The van der Waals surface area contributed by atoms with Crippen LogP contribution in [0, 0.1) is 16.7 Å². The highest BCUT2D eigenvalue weighted by molar-refractivity contribution is 4.98. The van der Waals surface area contributed by atoms with Crippen molar-refractivity contribution in [2.75, 3.05) is 13.2 Å². The van der Waals surface area contributed by atoms with Crippen molar-refractivity contribution in [1.82, 2.24) is 0 Å². The average molecular weight is 226 g/mol. The summed E-state index contributed by atoms with van der Waals surface area (Å²) in [5.74, 6) is 0.741. The first-order valence-corrected chi connectivity index (χ1v) is 6.57. The normalized spacial score (nSPS) is 40.7. The van der Waals surface area contributed by atoms with E-state index in [-0.39, 0.29) is 5.41 Å². The maximum Gasteiger partial charge on any atom is 0.104 e. The van der Waals surface area contributed by atoms with E-state index < -0.39 is 0 Å². The van der Waals surface area contributed by atoms with Crippen LogP contribution in [0.4, 0.5) is 0 Å². The van der Waals surface area contributed by atoms with E-state index in [9.17, 15) is 0 Å². The summed E-state index contributed by atoms with van der Waals surface area (Å²) in [7, 11) is 0. The molecule has 1 heterocycles. The number of ether oxygens (including phenoxy) is 2. The van der Waals surface area contributed by atoms with Gasteiger partial charge in [-0.2, -0.15) is 0 Å². The Kier molecular flexibility index (Phi) is 3.09. The molecule has 0 aromatic carbocycles. The lowest BCUT2D eigenvalue weighted by Crippen LogP contribution is -2.51. The zero-order chi connectivity index (χ0) is 12.0. The van der Waals surface area contributed by atoms with Crippen LogP contribution in [0.15, 0.2) is 0 Å². The highest BCUT2D eigenvalue weighted by Crippen LogP contribution is 2.50. The highest BCUT2D eigenvalue weighted by Gasteiger charge is 2.48. The predicted molar refractivity (Wildman–Crippen MR) is 65.4 cm³/mol. The van der Waals surface area contributed by atoms with Gasteiger partial charge in [0, 0.05) is 0 Å². The van der Waals surface area contributed by atoms with Crippen LogP contribution >= 0.6 is 0 Å². The molecule has 1 aliphatic heterocycles. The quantitative estimate of drug-likeness (QED) is 0.689. The van der Waals surface area contributed by atoms with Gasteiger partial charge >= 0.3 is 0 Å². The molecule has 0 radical (unpaired) electrons. The molecule has 1 aliphatic carbocycles. The van der Waals surface area contributed by atoms with Crippen molar-refractivity contribution in [2.45, 2.75) is 59.7 Å².